The van der Waals surface area contributed by atoms with Gasteiger partial charge in [-0.2, -0.15) is 0 Å². The average Bonchev–Trinajstić information content (AvgIpc) is 3.00. The fourth-order valence-electron chi connectivity index (χ4n) is 6.00. The van der Waals surface area contributed by atoms with E-state index in [9.17, 15) is 66.4 Å². The first-order valence-corrected chi connectivity index (χ1v) is 14.3. The lowest BCUT2D eigenvalue weighted by Gasteiger charge is -2.49. The van der Waals surface area contributed by atoms with Crippen molar-refractivity contribution in [2.75, 3.05) is 19.8 Å². The molecule has 0 aromatic carbocycles. The molecule has 258 valence electrons. The molecular formula is C25H44O19. The lowest BCUT2D eigenvalue weighted by atomic mass is 9.80. The Balaban J connectivity index is 1.40. The summed E-state index contributed by atoms with van der Waals surface area (Å²) in [6.07, 6.45) is -30.4. The maximum atomic E-state index is 10.9. The predicted octanol–water partition coefficient (Wildman–Crippen LogP) is -8.06. The molecule has 3 saturated heterocycles. The van der Waals surface area contributed by atoms with Gasteiger partial charge in [-0.1, -0.05) is 0 Å². The van der Waals surface area contributed by atoms with Gasteiger partial charge in [0, 0.05) is 12.5 Å². The third kappa shape index (κ3) is 7.06. The Kier molecular flexibility index (Phi) is 12.3. The van der Waals surface area contributed by atoms with Crippen LogP contribution in [0.15, 0.2) is 0 Å². The first kappa shape index (κ1) is 36.1. The van der Waals surface area contributed by atoms with Gasteiger partial charge in [0.25, 0.3) is 0 Å². The molecule has 4 aliphatic rings. The largest absolute Gasteiger partial charge is 0.396 e. The van der Waals surface area contributed by atoms with Crippen molar-refractivity contribution >= 4 is 0 Å². The molecule has 0 aromatic rings. The lowest BCUT2D eigenvalue weighted by Crippen LogP contribution is -2.65. The quantitative estimate of drug-likeness (QED) is 0.110. The van der Waals surface area contributed by atoms with Crippen LogP contribution in [-0.4, -0.2) is 203 Å². The summed E-state index contributed by atoms with van der Waals surface area (Å²) in [6.45, 7) is -0.675. The van der Waals surface area contributed by atoms with Crippen LogP contribution >= 0.6 is 0 Å². The number of aliphatic hydroxyl groups excluding tert-OH is 13. The fourth-order valence-corrected chi connectivity index (χ4v) is 6.00. The Labute approximate surface area is 250 Å². The van der Waals surface area contributed by atoms with Gasteiger partial charge in [0.05, 0.1) is 31.5 Å². The topological polar surface area (TPSA) is 318 Å². The predicted molar refractivity (Wildman–Crippen MR) is 136 cm³/mol. The van der Waals surface area contributed by atoms with E-state index in [1.54, 1.807) is 0 Å². The van der Waals surface area contributed by atoms with Crippen LogP contribution in [-0.2, 0) is 28.4 Å². The van der Waals surface area contributed by atoms with E-state index in [2.05, 4.69) is 0 Å². The number of rotatable bonds is 9. The van der Waals surface area contributed by atoms with Gasteiger partial charge in [-0.25, -0.2) is 0 Å². The van der Waals surface area contributed by atoms with Crippen LogP contribution in [0, 0.1) is 5.92 Å². The van der Waals surface area contributed by atoms with Crippen molar-refractivity contribution in [3.05, 3.63) is 0 Å². The first-order valence-electron chi connectivity index (χ1n) is 14.3. The van der Waals surface area contributed by atoms with Gasteiger partial charge in [-0.15, -0.1) is 0 Å². The highest BCUT2D eigenvalue weighted by atomic mass is 16.7. The third-order valence-electron chi connectivity index (χ3n) is 8.68. The van der Waals surface area contributed by atoms with Gasteiger partial charge >= 0.3 is 0 Å². The maximum absolute atomic E-state index is 10.9. The first-order chi connectivity index (χ1) is 20.7. The molecule has 1 saturated carbocycles. The zero-order valence-corrected chi connectivity index (χ0v) is 23.6. The molecule has 3 heterocycles. The molecule has 0 radical (unpaired) electrons. The third-order valence-corrected chi connectivity index (χ3v) is 8.68. The van der Waals surface area contributed by atoms with Gasteiger partial charge in [-0.05, 0) is 13.3 Å². The summed E-state index contributed by atoms with van der Waals surface area (Å²) in [5.74, 6) is -0.964. The van der Waals surface area contributed by atoms with Crippen molar-refractivity contribution in [1.29, 1.82) is 0 Å². The monoisotopic (exact) mass is 648 g/mol. The molecule has 13 N–H and O–H groups in total. The van der Waals surface area contributed by atoms with Gasteiger partial charge in [0.15, 0.2) is 18.9 Å². The second-order valence-corrected chi connectivity index (χ2v) is 11.6. The molecule has 0 bridgehead atoms. The van der Waals surface area contributed by atoms with Crippen molar-refractivity contribution in [3.63, 3.8) is 0 Å². The summed E-state index contributed by atoms with van der Waals surface area (Å²) in [7, 11) is 0. The second kappa shape index (κ2) is 15.0. The zero-order chi connectivity index (χ0) is 32.6. The molecule has 44 heavy (non-hydrogen) atoms. The summed E-state index contributed by atoms with van der Waals surface area (Å²) in [5.41, 5.74) is 0. The SMILES string of the molecule is CC1O[C@H](O[C@H]2C(CO)O[C@@H](O)[C@@H](O)C2O)[C@H](O)C(O)[C@@H]1O[C@H]1CC(CO)[C@@H](O[C@H]2OC(CO)C(O)C(O)[C@H]2O)C(O)[C@H]1O. The zero-order valence-electron chi connectivity index (χ0n) is 23.6. The molecule has 19 heteroatoms. The minimum Gasteiger partial charge on any atom is -0.396 e. The lowest BCUT2D eigenvalue weighted by molar-refractivity contribution is -0.360. The highest BCUT2D eigenvalue weighted by molar-refractivity contribution is 4.99. The van der Waals surface area contributed by atoms with Crippen molar-refractivity contribution in [2.24, 2.45) is 5.92 Å². The number of aliphatic hydroxyl groups is 13. The molecule has 19 nitrogen and oxygen atoms in total. The van der Waals surface area contributed by atoms with Gasteiger partial charge in [0.1, 0.15) is 79.4 Å². The van der Waals surface area contributed by atoms with Crippen LogP contribution in [0.2, 0.25) is 0 Å². The molecule has 20 atom stereocenters. The Hall–Kier alpha value is -0.760. The fraction of sp³-hybridized carbons (Fsp3) is 1.00. The van der Waals surface area contributed by atoms with Crippen molar-refractivity contribution in [3.8, 4) is 0 Å². The van der Waals surface area contributed by atoms with Gasteiger partial charge < -0.3 is 94.8 Å². The summed E-state index contributed by atoms with van der Waals surface area (Å²) in [5, 5.41) is 133. The van der Waals surface area contributed by atoms with E-state index in [1.165, 1.54) is 6.92 Å². The Morgan fingerprint density at radius 2 is 1.05 bits per heavy atom. The van der Waals surface area contributed by atoms with Crippen LogP contribution in [0.3, 0.4) is 0 Å². The molecule has 1 aliphatic carbocycles. The van der Waals surface area contributed by atoms with E-state index < -0.39 is 142 Å². The summed E-state index contributed by atoms with van der Waals surface area (Å²) < 4.78 is 33.0. The normalized spacial score (nSPS) is 53.9. The minimum absolute atomic E-state index is 0.188. The van der Waals surface area contributed by atoms with Crippen molar-refractivity contribution < 1.29 is 94.8 Å². The molecule has 3 aliphatic heterocycles. The van der Waals surface area contributed by atoms with Crippen LogP contribution < -0.4 is 0 Å². The highest BCUT2D eigenvalue weighted by Gasteiger charge is 2.54. The summed E-state index contributed by atoms with van der Waals surface area (Å²) in [6, 6.07) is 0. The van der Waals surface area contributed by atoms with Crippen molar-refractivity contribution in [2.45, 2.75) is 130 Å². The Morgan fingerprint density at radius 3 is 1.66 bits per heavy atom. The molecule has 4 rings (SSSR count). The molecule has 4 fully saturated rings. The van der Waals surface area contributed by atoms with E-state index in [1.807, 2.05) is 0 Å². The van der Waals surface area contributed by atoms with E-state index in [0.29, 0.717) is 0 Å². The summed E-state index contributed by atoms with van der Waals surface area (Å²) >= 11 is 0. The van der Waals surface area contributed by atoms with E-state index in [0.717, 1.165) is 0 Å². The van der Waals surface area contributed by atoms with Crippen LogP contribution in [0.25, 0.3) is 0 Å². The standard InChI is InChI=1S/C25H44O19/c1-6-20(16(34)19(37)24(39-6)44-22-10(5-28)41-23(38)17(35)15(22)33)40-8-2-7(3-26)21(14(32)11(8)29)43-25-18(36)13(31)12(30)9(4-27)42-25/h6-38H,2-5H2,1H3/t6?,7?,8-,9?,10?,11-,12?,13?,14?,15?,16?,17-,18+,19+,20+,21+,22-,23+,24+,25+/m0/s1. The number of hydrogen-bond acceptors (Lipinski definition) is 19. The minimum atomic E-state index is -1.84. The molecule has 9 unspecified atom stereocenters. The number of ether oxygens (including phenoxy) is 6. The molecule has 0 amide bonds. The van der Waals surface area contributed by atoms with Crippen molar-refractivity contribution in [1.82, 2.24) is 0 Å². The molecular weight excluding hydrogens is 604 g/mol. The second-order valence-electron chi connectivity index (χ2n) is 11.6. The molecule has 0 spiro atoms. The summed E-state index contributed by atoms with van der Waals surface area (Å²) in [4.78, 5) is 0. The Bertz CT molecular complexity index is 896. The van der Waals surface area contributed by atoms with Gasteiger partial charge in [0.2, 0.25) is 0 Å². The van der Waals surface area contributed by atoms with Crippen LogP contribution in [0.1, 0.15) is 13.3 Å². The van der Waals surface area contributed by atoms with E-state index in [4.69, 9.17) is 28.4 Å². The average molecular weight is 649 g/mol. The Morgan fingerprint density at radius 1 is 0.500 bits per heavy atom. The maximum Gasteiger partial charge on any atom is 0.187 e. The number of hydrogen-bond donors (Lipinski definition) is 13. The smallest absolute Gasteiger partial charge is 0.187 e. The highest BCUT2D eigenvalue weighted by Crippen LogP contribution is 2.36. The van der Waals surface area contributed by atoms with Crippen LogP contribution in [0.4, 0.5) is 0 Å². The van der Waals surface area contributed by atoms with E-state index >= 15 is 0 Å². The van der Waals surface area contributed by atoms with Crippen LogP contribution in [0.5, 0.6) is 0 Å². The van der Waals surface area contributed by atoms with E-state index in [-0.39, 0.29) is 6.42 Å². The van der Waals surface area contributed by atoms with Gasteiger partial charge in [-0.3, -0.25) is 0 Å². The molecule has 0 aromatic heterocycles.